The molecule has 0 aliphatic carbocycles. The molecule has 0 saturated carbocycles. The Labute approximate surface area is 156 Å². The van der Waals surface area contributed by atoms with E-state index in [1.807, 2.05) is 12.1 Å². The summed E-state index contributed by atoms with van der Waals surface area (Å²) in [5.41, 5.74) is 3.55. The molecule has 0 N–H and O–H groups in total. The second-order valence-corrected chi connectivity index (χ2v) is 6.76. The molecular weight excluding hydrogens is 350 g/mol. The van der Waals surface area contributed by atoms with Crippen molar-refractivity contribution in [3.05, 3.63) is 70.9 Å². The van der Waals surface area contributed by atoms with Gasteiger partial charge in [-0.1, -0.05) is 12.1 Å². The average Bonchev–Trinajstić information content (AvgIpc) is 2.92. The Hall–Kier alpha value is -2.73. The molecule has 0 bridgehead atoms. The van der Waals surface area contributed by atoms with Crippen molar-refractivity contribution in [2.24, 2.45) is 0 Å². The van der Waals surface area contributed by atoms with Gasteiger partial charge in [-0.15, -0.1) is 0 Å². The van der Waals surface area contributed by atoms with E-state index in [0.717, 1.165) is 29.8 Å². The Morgan fingerprint density at radius 1 is 1.15 bits per heavy atom. The van der Waals surface area contributed by atoms with E-state index < -0.39 is 11.6 Å². The first kappa shape index (κ1) is 17.7. The van der Waals surface area contributed by atoms with Crippen LogP contribution < -0.4 is 0 Å². The Bertz CT molecular complexity index is 1010. The van der Waals surface area contributed by atoms with Crippen LogP contribution in [-0.4, -0.2) is 35.6 Å². The molecule has 4 rings (SSSR count). The number of hydrogen-bond acceptors (Lipinski definition) is 2. The molecule has 4 nitrogen and oxygen atoms in total. The van der Waals surface area contributed by atoms with E-state index in [9.17, 15) is 13.6 Å². The van der Waals surface area contributed by atoms with Crippen molar-refractivity contribution in [3.63, 3.8) is 0 Å². The summed E-state index contributed by atoms with van der Waals surface area (Å²) in [7, 11) is 1.68. The molecular formula is C21H20F2N2O2. The van der Waals surface area contributed by atoms with Gasteiger partial charge >= 0.3 is 0 Å². The van der Waals surface area contributed by atoms with Crippen LogP contribution >= 0.6 is 0 Å². The number of ether oxygens (including phenoxy) is 1. The average molecular weight is 370 g/mol. The lowest BCUT2D eigenvalue weighted by molar-refractivity contribution is 0.0747. The molecule has 27 heavy (non-hydrogen) atoms. The van der Waals surface area contributed by atoms with Crippen molar-refractivity contribution in [1.82, 2.24) is 9.47 Å². The predicted octanol–water partition coefficient (Wildman–Crippen LogP) is 3.76. The van der Waals surface area contributed by atoms with Gasteiger partial charge in [-0.2, -0.15) is 0 Å². The summed E-state index contributed by atoms with van der Waals surface area (Å²) in [5, 5.41) is 1.18. The zero-order chi connectivity index (χ0) is 19.0. The molecule has 0 spiro atoms. The number of rotatable bonds is 4. The Balaban J connectivity index is 1.66. The molecule has 1 aliphatic heterocycles. The van der Waals surface area contributed by atoms with Crippen LogP contribution in [0.25, 0.3) is 10.9 Å². The van der Waals surface area contributed by atoms with Crippen LogP contribution in [0, 0.1) is 11.6 Å². The van der Waals surface area contributed by atoms with E-state index in [0.29, 0.717) is 26.1 Å². The van der Waals surface area contributed by atoms with Crippen molar-refractivity contribution in [2.75, 3.05) is 20.3 Å². The van der Waals surface area contributed by atoms with Crippen LogP contribution in [0.5, 0.6) is 0 Å². The number of benzene rings is 2. The molecule has 2 aromatic carbocycles. The van der Waals surface area contributed by atoms with Gasteiger partial charge in [0.1, 0.15) is 0 Å². The molecule has 6 heteroatoms. The normalized spacial score (nSPS) is 13.8. The van der Waals surface area contributed by atoms with Crippen LogP contribution in [0.4, 0.5) is 8.78 Å². The summed E-state index contributed by atoms with van der Waals surface area (Å²) in [6, 6.07) is 9.37. The number of aromatic nitrogens is 1. The molecule has 0 saturated heterocycles. The number of nitrogens with zero attached hydrogens (tertiary/aromatic N) is 2. The maximum atomic E-state index is 13.5. The van der Waals surface area contributed by atoms with Crippen molar-refractivity contribution in [2.45, 2.75) is 19.5 Å². The van der Waals surface area contributed by atoms with Crippen LogP contribution in [0.15, 0.2) is 42.6 Å². The van der Waals surface area contributed by atoms with Gasteiger partial charge in [0, 0.05) is 49.4 Å². The lowest BCUT2D eigenvalue weighted by Crippen LogP contribution is -2.31. The van der Waals surface area contributed by atoms with Gasteiger partial charge in [-0.25, -0.2) is 8.78 Å². The van der Waals surface area contributed by atoms with Gasteiger partial charge in [0.15, 0.2) is 11.6 Å². The van der Waals surface area contributed by atoms with Gasteiger partial charge in [-0.05, 0) is 41.8 Å². The minimum Gasteiger partial charge on any atom is -0.383 e. The van der Waals surface area contributed by atoms with E-state index in [4.69, 9.17) is 4.74 Å². The highest BCUT2D eigenvalue weighted by Crippen LogP contribution is 2.30. The Morgan fingerprint density at radius 3 is 2.78 bits per heavy atom. The van der Waals surface area contributed by atoms with E-state index in [2.05, 4.69) is 16.8 Å². The minimum absolute atomic E-state index is 0.165. The first-order valence-electron chi connectivity index (χ1n) is 8.91. The monoisotopic (exact) mass is 370 g/mol. The molecule has 0 atom stereocenters. The van der Waals surface area contributed by atoms with Gasteiger partial charge in [0.2, 0.25) is 0 Å². The van der Waals surface area contributed by atoms with Crippen LogP contribution in [-0.2, 0) is 24.2 Å². The van der Waals surface area contributed by atoms with Crippen LogP contribution in [0.2, 0.25) is 0 Å². The summed E-state index contributed by atoms with van der Waals surface area (Å²) >= 11 is 0. The highest BCUT2D eigenvalue weighted by Gasteiger charge is 2.23. The molecule has 1 aromatic heterocycles. The fourth-order valence-corrected chi connectivity index (χ4v) is 3.74. The molecule has 3 aromatic rings. The van der Waals surface area contributed by atoms with Gasteiger partial charge in [-0.3, -0.25) is 4.79 Å². The molecule has 1 amide bonds. The minimum atomic E-state index is -1.01. The van der Waals surface area contributed by atoms with E-state index in [1.165, 1.54) is 17.0 Å². The van der Waals surface area contributed by atoms with E-state index in [-0.39, 0.29) is 11.5 Å². The van der Waals surface area contributed by atoms with Crippen LogP contribution in [0.1, 0.15) is 21.5 Å². The molecule has 1 aliphatic rings. The first-order chi connectivity index (χ1) is 13.1. The Kier molecular flexibility index (Phi) is 4.66. The lowest BCUT2D eigenvalue weighted by Gasteiger charge is -2.21. The Morgan fingerprint density at radius 2 is 2.00 bits per heavy atom. The third-order valence-electron chi connectivity index (χ3n) is 5.07. The van der Waals surface area contributed by atoms with Crippen molar-refractivity contribution < 1.29 is 18.3 Å². The number of carbonyl (C=O) groups is 1. The van der Waals surface area contributed by atoms with Gasteiger partial charge in [0.25, 0.3) is 5.91 Å². The molecule has 0 radical (unpaired) electrons. The molecule has 140 valence electrons. The maximum absolute atomic E-state index is 13.5. The molecule has 0 unspecified atom stereocenters. The fraction of sp³-hybridized carbons (Fsp3) is 0.286. The predicted molar refractivity (Wildman–Crippen MR) is 98.6 cm³/mol. The summed E-state index contributed by atoms with van der Waals surface area (Å²) < 4.78 is 34.1. The van der Waals surface area contributed by atoms with Crippen molar-refractivity contribution in [3.8, 4) is 0 Å². The van der Waals surface area contributed by atoms with E-state index in [1.54, 1.807) is 12.0 Å². The third-order valence-corrected chi connectivity index (χ3v) is 5.07. The highest BCUT2D eigenvalue weighted by molar-refractivity contribution is 5.95. The second kappa shape index (κ2) is 7.12. The fourth-order valence-electron chi connectivity index (χ4n) is 3.74. The van der Waals surface area contributed by atoms with Crippen molar-refractivity contribution >= 4 is 16.8 Å². The molecule has 0 fully saturated rings. The zero-order valence-corrected chi connectivity index (χ0v) is 15.0. The summed E-state index contributed by atoms with van der Waals surface area (Å²) in [4.78, 5) is 14.5. The molecule has 2 heterocycles. The quantitative estimate of drug-likeness (QED) is 0.701. The summed E-state index contributed by atoms with van der Waals surface area (Å²) in [6.45, 7) is 2.37. The van der Waals surface area contributed by atoms with Crippen LogP contribution in [0.3, 0.4) is 0 Å². The van der Waals surface area contributed by atoms with Gasteiger partial charge < -0.3 is 14.2 Å². The lowest BCUT2D eigenvalue weighted by atomic mass is 10.1. The van der Waals surface area contributed by atoms with E-state index >= 15 is 0 Å². The smallest absolute Gasteiger partial charge is 0.254 e. The standard InChI is InChI=1S/C21H20F2N2O2/c1-27-10-9-24-12-16-7-8-25(13-15-3-2-4-19(24)20(15)16)21(26)14-5-6-17(22)18(23)11-14/h2-6,11-12H,7-10,13H2,1H3. The van der Waals surface area contributed by atoms with Gasteiger partial charge in [0.05, 0.1) is 6.61 Å². The van der Waals surface area contributed by atoms with Crippen molar-refractivity contribution in [1.29, 1.82) is 0 Å². The number of halogens is 2. The number of hydrogen-bond donors (Lipinski definition) is 0. The first-order valence-corrected chi connectivity index (χ1v) is 8.91. The number of carbonyl (C=O) groups excluding carboxylic acids is 1. The topological polar surface area (TPSA) is 34.5 Å². The largest absolute Gasteiger partial charge is 0.383 e. The third kappa shape index (κ3) is 3.21. The summed E-state index contributed by atoms with van der Waals surface area (Å²) in [6.07, 6.45) is 2.83. The number of methoxy groups -OCH3 is 1. The SMILES string of the molecule is COCCn1cc2c3c(cccc31)CN(C(=O)c1ccc(F)c(F)c1)CC2. The number of amides is 1. The second-order valence-electron chi connectivity index (χ2n) is 6.76. The highest BCUT2D eigenvalue weighted by atomic mass is 19.2. The zero-order valence-electron chi connectivity index (χ0n) is 15.0. The summed E-state index contributed by atoms with van der Waals surface area (Å²) in [5.74, 6) is -2.25. The maximum Gasteiger partial charge on any atom is 0.254 e.